The van der Waals surface area contributed by atoms with Crippen molar-refractivity contribution in [2.24, 2.45) is 0 Å². The Bertz CT molecular complexity index is 712. The van der Waals surface area contributed by atoms with Crippen LogP contribution in [0.2, 0.25) is 5.02 Å². The minimum atomic E-state index is -0.249. The summed E-state index contributed by atoms with van der Waals surface area (Å²) in [5.74, 6) is -0.423. The Kier molecular flexibility index (Phi) is 6.32. The topological polar surface area (TPSA) is 62.3 Å². The number of benzene rings is 1. The van der Waals surface area contributed by atoms with Gasteiger partial charge in [0.15, 0.2) is 0 Å². The van der Waals surface area contributed by atoms with Crippen LogP contribution in [0.1, 0.15) is 40.3 Å². The molecule has 1 heterocycles. The van der Waals surface area contributed by atoms with Crippen LogP contribution >= 0.6 is 11.6 Å². The minimum absolute atomic E-state index is 0.174. The van der Waals surface area contributed by atoms with E-state index in [2.05, 4.69) is 10.3 Å². The van der Waals surface area contributed by atoms with E-state index >= 15 is 0 Å². The molecular weight excluding hydrogens is 326 g/mol. The van der Waals surface area contributed by atoms with Crippen molar-refractivity contribution in [2.45, 2.75) is 20.4 Å². The first-order chi connectivity index (χ1) is 11.5. The van der Waals surface area contributed by atoms with Gasteiger partial charge in [0, 0.05) is 36.4 Å². The lowest BCUT2D eigenvalue weighted by atomic mass is 10.2. The Morgan fingerprint density at radius 3 is 2.42 bits per heavy atom. The molecule has 5 nitrogen and oxygen atoms in total. The number of pyridine rings is 1. The smallest absolute Gasteiger partial charge is 0.272 e. The standard InChI is InChI=1S/C18H20ClN3O2/c1-3-22(4-2)18(24)16-11-14(9-10-20-16)17(23)21-12-13-5-7-15(19)8-6-13/h5-11H,3-4,12H2,1-2H3,(H,21,23). The summed E-state index contributed by atoms with van der Waals surface area (Å²) in [6.45, 7) is 5.40. The highest BCUT2D eigenvalue weighted by Crippen LogP contribution is 2.10. The SMILES string of the molecule is CCN(CC)C(=O)c1cc(C(=O)NCc2ccc(Cl)cc2)ccn1. The molecule has 2 rings (SSSR count). The van der Waals surface area contributed by atoms with Gasteiger partial charge in [-0.15, -0.1) is 0 Å². The molecule has 0 aliphatic carbocycles. The third-order valence-electron chi connectivity index (χ3n) is 3.66. The molecule has 0 aliphatic rings. The first-order valence-electron chi connectivity index (χ1n) is 7.83. The van der Waals surface area contributed by atoms with Gasteiger partial charge in [-0.25, -0.2) is 0 Å². The zero-order valence-corrected chi connectivity index (χ0v) is 14.5. The number of rotatable bonds is 6. The van der Waals surface area contributed by atoms with E-state index in [4.69, 9.17) is 11.6 Å². The molecule has 0 saturated heterocycles. The molecule has 0 atom stereocenters. The van der Waals surface area contributed by atoms with Crippen molar-refractivity contribution in [2.75, 3.05) is 13.1 Å². The molecule has 24 heavy (non-hydrogen) atoms. The Balaban J connectivity index is 2.05. The van der Waals surface area contributed by atoms with E-state index in [9.17, 15) is 9.59 Å². The van der Waals surface area contributed by atoms with Crippen LogP contribution in [0, 0.1) is 0 Å². The maximum absolute atomic E-state index is 12.3. The molecule has 6 heteroatoms. The molecule has 0 bridgehead atoms. The Morgan fingerprint density at radius 2 is 1.79 bits per heavy atom. The van der Waals surface area contributed by atoms with E-state index in [1.54, 1.807) is 23.1 Å². The van der Waals surface area contributed by atoms with Gasteiger partial charge < -0.3 is 10.2 Å². The molecule has 0 spiro atoms. The van der Waals surface area contributed by atoms with Crippen LogP contribution < -0.4 is 5.32 Å². The average Bonchev–Trinajstić information content (AvgIpc) is 2.62. The molecule has 0 radical (unpaired) electrons. The van der Waals surface area contributed by atoms with Crippen molar-refractivity contribution in [3.63, 3.8) is 0 Å². The second kappa shape index (κ2) is 8.45. The Hall–Kier alpha value is -2.40. The van der Waals surface area contributed by atoms with Crippen LogP contribution in [-0.2, 0) is 6.54 Å². The fourth-order valence-corrected chi connectivity index (χ4v) is 2.37. The van der Waals surface area contributed by atoms with Crippen LogP contribution in [0.3, 0.4) is 0 Å². The van der Waals surface area contributed by atoms with Gasteiger partial charge in [0.2, 0.25) is 0 Å². The predicted octanol–water partition coefficient (Wildman–Crippen LogP) is 3.15. The van der Waals surface area contributed by atoms with Crippen molar-refractivity contribution >= 4 is 23.4 Å². The average molecular weight is 346 g/mol. The number of halogens is 1. The summed E-state index contributed by atoms with van der Waals surface area (Å²) in [5, 5.41) is 3.47. The number of nitrogens with zero attached hydrogens (tertiary/aromatic N) is 2. The number of amides is 2. The molecule has 126 valence electrons. The van der Waals surface area contributed by atoms with Crippen molar-refractivity contribution in [3.05, 3.63) is 64.4 Å². The number of nitrogens with one attached hydrogen (secondary N) is 1. The predicted molar refractivity (Wildman–Crippen MR) is 94.1 cm³/mol. The lowest BCUT2D eigenvalue weighted by Crippen LogP contribution is -2.31. The van der Waals surface area contributed by atoms with Crippen LogP contribution in [0.5, 0.6) is 0 Å². The summed E-state index contributed by atoms with van der Waals surface area (Å²) in [5.41, 5.74) is 1.63. The number of carbonyl (C=O) groups is 2. The third kappa shape index (κ3) is 4.55. The summed E-state index contributed by atoms with van der Waals surface area (Å²) in [6.07, 6.45) is 1.48. The van der Waals surface area contributed by atoms with Crippen molar-refractivity contribution < 1.29 is 9.59 Å². The zero-order valence-electron chi connectivity index (χ0n) is 13.8. The second-order valence-electron chi connectivity index (χ2n) is 5.22. The summed E-state index contributed by atoms with van der Waals surface area (Å²) in [4.78, 5) is 30.3. The fraction of sp³-hybridized carbons (Fsp3) is 0.278. The highest BCUT2D eigenvalue weighted by molar-refractivity contribution is 6.30. The molecule has 0 saturated carbocycles. The molecule has 2 amide bonds. The minimum Gasteiger partial charge on any atom is -0.348 e. The van der Waals surface area contributed by atoms with Gasteiger partial charge in [0.1, 0.15) is 5.69 Å². The number of carbonyl (C=O) groups excluding carboxylic acids is 2. The van der Waals surface area contributed by atoms with Gasteiger partial charge in [-0.05, 0) is 43.7 Å². The Labute approximate surface area is 146 Å². The van der Waals surface area contributed by atoms with E-state index in [1.165, 1.54) is 12.3 Å². The monoisotopic (exact) mass is 345 g/mol. The first kappa shape index (κ1) is 17.9. The largest absolute Gasteiger partial charge is 0.348 e. The van der Waals surface area contributed by atoms with Crippen LogP contribution in [0.15, 0.2) is 42.6 Å². The molecule has 0 fully saturated rings. The summed E-state index contributed by atoms with van der Waals surface area (Å²) in [6, 6.07) is 10.4. The number of hydrogen-bond acceptors (Lipinski definition) is 3. The quantitative estimate of drug-likeness (QED) is 0.874. The van der Waals surface area contributed by atoms with Crippen LogP contribution in [0.25, 0.3) is 0 Å². The molecule has 2 aromatic rings. The molecule has 0 aliphatic heterocycles. The summed E-state index contributed by atoms with van der Waals surface area (Å²) in [7, 11) is 0. The molecule has 1 aromatic heterocycles. The molecule has 1 aromatic carbocycles. The highest BCUT2D eigenvalue weighted by Gasteiger charge is 2.16. The molecule has 1 N–H and O–H groups in total. The second-order valence-corrected chi connectivity index (χ2v) is 5.65. The van der Waals surface area contributed by atoms with E-state index in [0.717, 1.165) is 5.56 Å². The van der Waals surface area contributed by atoms with Gasteiger partial charge in [-0.2, -0.15) is 0 Å². The van der Waals surface area contributed by atoms with E-state index in [1.807, 2.05) is 26.0 Å². The maximum atomic E-state index is 12.3. The summed E-state index contributed by atoms with van der Waals surface area (Å²) >= 11 is 5.84. The van der Waals surface area contributed by atoms with E-state index < -0.39 is 0 Å². The van der Waals surface area contributed by atoms with Crippen molar-refractivity contribution in [3.8, 4) is 0 Å². The molecular formula is C18H20ClN3O2. The Morgan fingerprint density at radius 1 is 1.12 bits per heavy atom. The number of aromatic nitrogens is 1. The maximum Gasteiger partial charge on any atom is 0.272 e. The van der Waals surface area contributed by atoms with Gasteiger partial charge in [0.25, 0.3) is 11.8 Å². The van der Waals surface area contributed by atoms with E-state index in [-0.39, 0.29) is 17.5 Å². The lowest BCUT2D eigenvalue weighted by molar-refractivity contribution is 0.0767. The normalized spacial score (nSPS) is 10.3. The van der Waals surface area contributed by atoms with E-state index in [0.29, 0.717) is 30.2 Å². The van der Waals surface area contributed by atoms with Gasteiger partial charge >= 0.3 is 0 Å². The van der Waals surface area contributed by atoms with Crippen molar-refractivity contribution in [1.82, 2.24) is 15.2 Å². The highest BCUT2D eigenvalue weighted by atomic mass is 35.5. The van der Waals surface area contributed by atoms with Crippen LogP contribution in [-0.4, -0.2) is 34.8 Å². The summed E-state index contributed by atoms with van der Waals surface area (Å²) < 4.78 is 0. The van der Waals surface area contributed by atoms with Gasteiger partial charge in [0.05, 0.1) is 0 Å². The fourth-order valence-electron chi connectivity index (χ4n) is 2.25. The van der Waals surface area contributed by atoms with Gasteiger partial charge in [-0.3, -0.25) is 14.6 Å². The lowest BCUT2D eigenvalue weighted by Gasteiger charge is -2.18. The van der Waals surface area contributed by atoms with Gasteiger partial charge in [-0.1, -0.05) is 23.7 Å². The van der Waals surface area contributed by atoms with Crippen LogP contribution in [0.4, 0.5) is 0 Å². The van der Waals surface area contributed by atoms with Crippen molar-refractivity contribution in [1.29, 1.82) is 0 Å². The number of hydrogen-bond donors (Lipinski definition) is 1. The first-order valence-corrected chi connectivity index (χ1v) is 8.21. The molecule has 0 unspecified atom stereocenters. The zero-order chi connectivity index (χ0) is 17.5. The third-order valence-corrected chi connectivity index (χ3v) is 3.91.